The molecule has 108 valence electrons. The van der Waals surface area contributed by atoms with E-state index in [1.54, 1.807) is 0 Å². The van der Waals surface area contributed by atoms with Crippen LogP contribution in [0.5, 0.6) is 0 Å². The molecule has 2 N–H and O–H groups in total. The predicted molar refractivity (Wildman–Crippen MR) is 85.8 cm³/mol. The van der Waals surface area contributed by atoms with Crippen molar-refractivity contribution in [2.24, 2.45) is 11.1 Å². The largest absolute Gasteiger partial charge is 0.348 e. The van der Waals surface area contributed by atoms with Crippen molar-refractivity contribution in [2.45, 2.75) is 64.8 Å². The van der Waals surface area contributed by atoms with Gasteiger partial charge < -0.3 is 10.3 Å². The molecule has 0 radical (unpaired) electrons. The fourth-order valence-corrected chi connectivity index (χ4v) is 3.59. The third kappa shape index (κ3) is 3.19. The van der Waals surface area contributed by atoms with Crippen molar-refractivity contribution >= 4 is 11.8 Å². The van der Waals surface area contributed by atoms with Crippen molar-refractivity contribution in [2.75, 3.05) is 6.26 Å². The first-order chi connectivity index (χ1) is 8.84. The molecular formula is C16H28N2S. The Labute approximate surface area is 122 Å². The molecule has 0 aromatic carbocycles. The molecule has 2 nitrogen and oxygen atoms in total. The molecule has 19 heavy (non-hydrogen) atoms. The lowest BCUT2D eigenvalue weighted by molar-refractivity contribution is 0.274. The number of rotatable bonds is 4. The topological polar surface area (TPSA) is 30.9 Å². The lowest BCUT2D eigenvalue weighted by atomic mass is 9.74. The van der Waals surface area contributed by atoms with Gasteiger partial charge >= 0.3 is 0 Å². The fourth-order valence-electron chi connectivity index (χ4n) is 3.24. The smallest absolute Gasteiger partial charge is 0.0318 e. The minimum Gasteiger partial charge on any atom is -0.348 e. The van der Waals surface area contributed by atoms with E-state index in [1.165, 1.54) is 23.4 Å². The molecule has 0 saturated carbocycles. The zero-order valence-corrected chi connectivity index (χ0v) is 13.8. The number of hydrogen-bond donors (Lipinski definition) is 1. The van der Waals surface area contributed by atoms with Crippen LogP contribution in [-0.4, -0.2) is 16.1 Å². The van der Waals surface area contributed by atoms with Crippen LogP contribution >= 0.6 is 11.8 Å². The minimum absolute atomic E-state index is 0.219. The molecular weight excluding hydrogens is 252 g/mol. The van der Waals surface area contributed by atoms with Gasteiger partial charge in [0.2, 0.25) is 0 Å². The van der Waals surface area contributed by atoms with Crippen molar-refractivity contribution in [3.63, 3.8) is 0 Å². The van der Waals surface area contributed by atoms with Gasteiger partial charge in [-0.1, -0.05) is 20.8 Å². The first-order valence-corrected chi connectivity index (χ1v) is 8.60. The maximum Gasteiger partial charge on any atom is 0.0318 e. The Kier molecular flexibility index (Phi) is 4.36. The quantitative estimate of drug-likeness (QED) is 0.906. The Morgan fingerprint density at radius 1 is 1.53 bits per heavy atom. The van der Waals surface area contributed by atoms with Crippen molar-refractivity contribution in [1.82, 2.24) is 4.57 Å². The third-order valence-electron chi connectivity index (χ3n) is 4.43. The summed E-state index contributed by atoms with van der Waals surface area (Å²) in [6.07, 6.45) is 5.70. The average molecular weight is 280 g/mol. The van der Waals surface area contributed by atoms with E-state index >= 15 is 0 Å². The monoisotopic (exact) mass is 280 g/mol. The predicted octanol–water partition coefficient (Wildman–Crippen LogP) is 3.91. The van der Waals surface area contributed by atoms with Gasteiger partial charge in [-0.15, -0.1) is 0 Å². The highest BCUT2D eigenvalue weighted by atomic mass is 32.2. The second kappa shape index (κ2) is 5.53. The number of aromatic nitrogens is 1. The highest BCUT2D eigenvalue weighted by molar-refractivity contribution is 7.99. The van der Waals surface area contributed by atoms with Crippen LogP contribution in [0.25, 0.3) is 0 Å². The van der Waals surface area contributed by atoms with Crippen LogP contribution < -0.4 is 5.73 Å². The van der Waals surface area contributed by atoms with Gasteiger partial charge in [0.25, 0.3) is 0 Å². The molecule has 0 saturated heterocycles. The normalized spacial score (nSPS) is 23.2. The third-order valence-corrected chi connectivity index (χ3v) is 5.47. The molecule has 0 amide bonds. The van der Waals surface area contributed by atoms with E-state index in [1.807, 2.05) is 11.8 Å². The Morgan fingerprint density at radius 2 is 2.21 bits per heavy atom. The molecule has 1 aliphatic rings. The summed E-state index contributed by atoms with van der Waals surface area (Å²) in [7, 11) is 0. The van der Waals surface area contributed by atoms with E-state index in [0.29, 0.717) is 5.41 Å². The molecule has 1 aromatic heterocycles. The molecule has 0 aliphatic heterocycles. The summed E-state index contributed by atoms with van der Waals surface area (Å²) in [4.78, 5) is 0. The highest BCUT2D eigenvalue weighted by Gasteiger charge is 2.33. The van der Waals surface area contributed by atoms with E-state index in [4.69, 9.17) is 5.73 Å². The van der Waals surface area contributed by atoms with Gasteiger partial charge in [-0.25, -0.2) is 0 Å². The van der Waals surface area contributed by atoms with Gasteiger partial charge in [0.15, 0.2) is 0 Å². The lowest BCUT2D eigenvalue weighted by Crippen LogP contribution is -2.30. The average Bonchev–Trinajstić information content (AvgIpc) is 2.61. The van der Waals surface area contributed by atoms with Crippen LogP contribution in [0, 0.1) is 12.3 Å². The summed E-state index contributed by atoms with van der Waals surface area (Å²) >= 11 is 1.95. The van der Waals surface area contributed by atoms with E-state index in [2.05, 4.69) is 44.6 Å². The Hall–Kier alpha value is -0.410. The maximum absolute atomic E-state index is 6.37. The van der Waals surface area contributed by atoms with E-state index in [-0.39, 0.29) is 6.04 Å². The Balaban J connectivity index is 2.26. The number of thioether (sulfide) groups is 1. The molecule has 1 aliphatic carbocycles. The number of aryl methyl sites for hydroxylation is 1. The molecule has 0 fully saturated rings. The molecule has 3 heteroatoms. The van der Waals surface area contributed by atoms with Crippen molar-refractivity contribution in [3.05, 3.63) is 23.0 Å². The zero-order valence-electron chi connectivity index (χ0n) is 13.0. The van der Waals surface area contributed by atoms with Gasteiger partial charge in [-0.3, -0.25) is 0 Å². The van der Waals surface area contributed by atoms with Crippen LogP contribution in [0.1, 0.15) is 56.6 Å². The molecule has 2 unspecified atom stereocenters. The van der Waals surface area contributed by atoms with Gasteiger partial charge in [0.1, 0.15) is 0 Å². The second-order valence-electron chi connectivity index (χ2n) is 6.83. The highest BCUT2D eigenvalue weighted by Crippen LogP contribution is 2.41. The van der Waals surface area contributed by atoms with Gasteiger partial charge in [0.05, 0.1) is 0 Å². The first kappa shape index (κ1) is 15.0. The summed E-state index contributed by atoms with van der Waals surface area (Å²) in [5.74, 6) is 0. The van der Waals surface area contributed by atoms with Crippen LogP contribution in [0.3, 0.4) is 0 Å². The fraction of sp³-hybridized carbons (Fsp3) is 0.750. The molecule has 0 spiro atoms. The van der Waals surface area contributed by atoms with Gasteiger partial charge in [-0.2, -0.15) is 11.8 Å². The second-order valence-corrected chi connectivity index (χ2v) is 8.10. The van der Waals surface area contributed by atoms with Crippen molar-refractivity contribution in [1.29, 1.82) is 0 Å². The summed E-state index contributed by atoms with van der Waals surface area (Å²) in [5, 5.41) is 0.725. The minimum atomic E-state index is 0.219. The molecule has 0 bridgehead atoms. The number of nitrogens with two attached hydrogens (primary N) is 1. The van der Waals surface area contributed by atoms with Crippen molar-refractivity contribution < 1.29 is 0 Å². The molecule has 2 atom stereocenters. The first-order valence-electron chi connectivity index (χ1n) is 7.31. The van der Waals surface area contributed by atoms with E-state index in [0.717, 1.165) is 24.6 Å². The Morgan fingerprint density at radius 3 is 2.84 bits per heavy atom. The maximum atomic E-state index is 6.37. The summed E-state index contributed by atoms with van der Waals surface area (Å²) in [6.45, 7) is 10.3. The number of nitrogens with zero attached hydrogens (tertiary/aromatic N) is 1. The number of fused-ring (bicyclic) bond motifs is 1. The summed E-state index contributed by atoms with van der Waals surface area (Å²) < 4.78 is 2.52. The van der Waals surface area contributed by atoms with Gasteiger partial charge in [-0.05, 0) is 49.5 Å². The molecule has 1 aromatic rings. The zero-order chi connectivity index (χ0) is 14.2. The van der Waals surface area contributed by atoms with E-state index in [9.17, 15) is 0 Å². The molecule has 2 rings (SSSR count). The SMILES string of the molecule is CSC(C)CCn1c(C)cc2c1CC(C)(C)CC2N. The van der Waals surface area contributed by atoms with Crippen LogP contribution in [0.4, 0.5) is 0 Å². The number of hydrogen-bond acceptors (Lipinski definition) is 2. The standard InChI is InChI=1S/C16H28N2S/c1-11-8-13-14(17)9-16(3,4)10-15(13)18(11)7-6-12(2)19-5/h8,12,14H,6-7,9-10,17H2,1-5H3. The summed E-state index contributed by atoms with van der Waals surface area (Å²) in [6, 6.07) is 2.54. The van der Waals surface area contributed by atoms with Crippen LogP contribution in [-0.2, 0) is 13.0 Å². The van der Waals surface area contributed by atoms with Crippen LogP contribution in [0.15, 0.2) is 6.07 Å². The van der Waals surface area contributed by atoms with Crippen molar-refractivity contribution in [3.8, 4) is 0 Å². The lowest BCUT2D eigenvalue weighted by Gasteiger charge is -2.34. The Bertz CT molecular complexity index is 448. The van der Waals surface area contributed by atoms with E-state index < -0.39 is 0 Å². The van der Waals surface area contributed by atoms with Crippen LogP contribution in [0.2, 0.25) is 0 Å². The molecule has 1 heterocycles. The summed E-state index contributed by atoms with van der Waals surface area (Å²) in [5.41, 5.74) is 11.0. The van der Waals surface area contributed by atoms with Gasteiger partial charge in [0, 0.05) is 29.2 Å².